The van der Waals surface area contributed by atoms with Gasteiger partial charge in [-0.2, -0.15) is 0 Å². The van der Waals surface area contributed by atoms with Gasteiger partial charge in [0.2, 0.25) is 0 Å². The van der Waals surface area contributed by atoms with Crippen LogP contribution in [0.1, 0.15) is 13.8 Å². The molecule has 0 radical (unpaired) electrons. The molecule has 6 heteroatoms. The quantitative estimate of drug-likeness (QED) is 0.536. The number of halogens is 2. The molecule has 0 saturated carbocycles. The second-order valence-electron chi connectivity index (χ2n) is 6.02. The Morgan fingerprint density at radius 3 is 2.46 bits per heavy atom. The molecule has 1 N–H and O–H groups in total. The highest BCUT2D eigenvalue weighted by molar-refractivity contribution is 9.10. The number of nitrogens with zero attached hydrogens (tertiary/aromatic N) is 3. The van der Waals surface area contributed by atoms with E-state index in [0.717, 1.165) is 52.9 Å². The molecule has 0 spiro atoms. The van der Waals surface area contributed by atoms with E-state index in [0.29, 0.717) is 10.8 Å². The average Bonchev–Trinajstić information content (AvgIpc) is 2.66. The Hall–Kier alpha value is -1.69. The van der Waals surface area contributed by atoms with Crippen LogP contribution < -0.4 is 5.32 Å². The third-order valence-electron chi connectivity index (χ3n) is 4.38. The zero-order chi connectivity index (χ0) is 18.5. The summed E-state index contributed by atoms with van der Waals surface area (Å²) in [5, 5.41) is 5.10. The van der Waals surface area contributed by atoms with Crippen molar-refractivity contribution in [2.75, 3.05) is 31.5 Å². The fourth-order valence-corrected chi connectivity index (χ4v) is 3.27. The minimum atomic E-state index is 0.685. The van der Waals surface area contributed by atoms with Crippen LogP contribution in [-0.2, 0) is 0 Å². The number of nitrogens with one attached hydrogen (secondary N) is 1. The van der Waals surface area contributed by atoms with E-state index in [9.17, 15) is 0 Å². The molecule has 0 fully saturated rings. The van der Waals surface area contributed by atoms with Crippen molar-refractivity contribution in [2.24, 2.45) is 0 Å². The van der Waals surface area contributed by atoms with E-state index >= 15 is 0 Å². The van der Waals surface area contributed by atoms with E-state index in [-0.39, 0.29) is 0 Å². The molecule has 1 aromatic heterocycles. The average molecular weight is 434 g/mol. The normalized spacial score (nSPS) is 11.3. The van der Waals surface area contributed by atoms with E-state index in [1.165, 1.54) is 0 Å². The minimum Gasteiger partial charge on any atom is -0.368 e. The highest BCUT2D eigenvalue weighted by Gasteiger charge is 2.10. The van der Waals surface area contributed by atoms with Crippen molar-refractivity contribution < 1.29 is 0 Å². The molecular weight excluding hydrogens is 412 g/mol. The molecule has 1 heterocycles. The lowest BCUT2D eigenvalue weighted by Gasteiger charge is -2.19. The van der Waals surface area contributed by atoms with Gasteiger partial charge in [0.1, 0.15) is 5.82 Å². The van der Waals surface area contributed by atoms with Crippen molar-refractivity contribution in [2.45, 2.75) is 13.8 Å². The van der Waals surface area contributed by atoms with Gasteiger partial charge in [0.25, 0.3) is 0 Å². The van der Waals surface area contributed by atoms with Crippen LogP contribution in [0.15, 0.2) is 46.9 Å². The highest BCUT2D eigenvalue weighted by atomic mass is 79.9. The summed E-state index contributed by atoms with van der Waals surface area (Å²) in [5.74, 6) is 1.53. The van der Waals surface area contributed by atoms with Gasteiger partial charge in [0, 0.05) is 33.5 Å². The van der Waals surface area contributed by atoms with Gasteiger partial charge in [-0.1, -0.05) is 53.5 Å². The van der Waals surface area contributed by atoms with Crippen LogP contribution in [0.3, 0.4) is 0 Å². The van der Waals surface area contributed by atoms with Crippen molar-refractivity contribution >= 4 is 44.3 Å². The predicted octanol–water partition coefficient (Wildman–Crippen LogP) is 5.47. The topological polar surface area (TPSA) is 41.0 Å². The van der Waals surface area contributed by atoms with Gasteiger partial charge in [-0.25, -0.2) is 9.97 Å². The van der Waals surface area contributed by atoms with Crippen LogP contribution >= 0.6 is 27.5 Å². The van der Waals surface area contributed by atoms with Crippen molar-refractivity contribution in [3.05, 3.63) is 52.0 Å². The first-order valence-electron chi connectivity index (χ1n) is 8.80. The summed E-state index contributed by atoms with van der Waals surface area (Å²) in [6.45, 7) is 8.22. The summed E-state index contributed by atoms with van der Waals surface area (Å²) < 4.78 is 1.03. The third kappa shape index (κ3) is 4.53. The number of benzene rings is 2. The second-order valence-corrected chi connectivity index (χ2v) is 7.37. The maximum absolute atomic E-state index is 6.20. The van der Waals surface area contributed by atoms with Gasteiger partial charge in [-0.15, -0.1) is 0 Å². The molecule has 3 aromatic rings. The smallest absolute Gasteiger partial charge is 0.162 e. The molecule has 0 unspecified atom stereocenters. The summed E-state index contributed by atoms with van der Waals surface area (Å²) in [5.41, 5.74) is 1.87. The van der Waals surface area contributed by atoms with Crippen LogP contribution in [0.4, 0.5) is 5.82 Å². The monoisotopic (exact) mass is 432 g/mol. The predicted molar refractivity (Wildman–Crippen MR) is 114 cm³/mol. The molecule has 0 aliphatic carbocycles. The Bertz CT molecular complexity index is 879. The molecule has 0 saturated heterocycles. The number of likely N-dealkylation sites (N-methyl/N-ethyl adjacent to an activating group) is 1. The molecule has 0 amide bonds. The number of rotatable bonds is 7. The summed E-state index contributed by atoms with van der Waals surface area (Å²) >= 11 is 9.67. The van der Waals surface area contributed by atoms with Crippen molar-refractivity contribution in [3.8, 4) is 11.4 Å². The Morgan fingerprint density at radius 1 is 1.04 bits per heavy atom. The fourth-order valence-electron chi connectivity index (χ4n) is 2.84. The molecule has 26 heavy (non-hydrogen) atoms. The zero-order valence-corrected chi connectivity index (χ0v) is 17.3. The molecule has 0 aliphatic heterocycles. The zero-order valence-electron chi connectivity index (χ0n) is 15.0. The van der Waals surface area contributed by atoms with E-state index in [2.05, 4.69) is 40.0 Å². The maximum atomic E-state index is 6.20. The van der Waals surface area contributed by atoms with E-state index < -0.39 is 0 Å². The number of fused-ring (bicyclic) bond motifs is 1. The fraction of sp³-hybridized carbons (Fsp3) is 0.300. The summed E-state index contributed by atoms with van der Waals surface area (Å²) in [4.78, 5) is 11.9. The van der Waals surface area contributed by atoms with Crippen molar-refractivity contribution in [1.82, 2.24) is 14.9 Å². The Kier molecular flexibility index (Phi) is 6.46. The highest BCUT2D eigenvalue weighted by Crippen LogP contribution is 2.28. The SMILES string of the molecule is CCN(CC)CCNc1nc(-c2ccc(Br)cc2)nc2ccc(Cl)cc12. The van der Waals surface area contributed by atoms with Crippen LogP contribution in [0.2, 0.25) is 5.02 Å². The van der Waals surface area contributed by atoms with Gasteiger partial charge >= 0.3 is 0 Å². The maximum Gasteiger partial charge on any atom is 0.162 e. The number of hydrogen-bond acceptors (Lipinski definition) is 4. The van der Waals surface area contributed by atoms with Crippen LogP contribution in [0, 0.1) is 0 Å². The lowest BCUT2D eigenvalue weighted by molar-refractivity contribution is 0.316. The van der Waals surface area contributed by atoms with Gasteiger partial charge in [-0.3, -0.25) is 0 Å². The molecule has 2 aromatic carbocycles. The van der Waals surface area contributed by atoms with Crippen LogP contribution in [-0.4, -0.2) is 41.0 Å². The molecule has 0 bridgehead atoms. The Morgan fingerprint density at radius 2 is 1.77 bits per heavy atom. The standard InChI is InChI=1S/C20H22BrClN4/c1-3-26(4-2)12-11-23-20-17-13-16(22)9-10-18(17)24-19(25-20)14-5-7-15(21)8-6-14/h5-10,13H,3-4,11-12H2,1-2H3,(H,23,24,25). The van der Waals surface area contributed by atoms with Gasteiger partial charge in [0.05, 0.1) is 5.52 Å². The van der Waals surface area contributed by atoms with Crippen molar-refractivity contribution in [3.63, 3.8) is 0 Å². The lowest BCUT2D eigenvalue weighted by Crippen LogP contribution is -2.28. The molecular formula is C20H22BrClN4. The van der Waals surface area contributed by atoms with E-state index in [1.807, 2.05) is 42.5 Å². The first-order chi connectivity index (χ1) is 12.6. The third-order valence-corrected chi connectivity index (χ3v) is 5.14. The van der Waals surface area contributed by atoms with Crippen molar-refractivity contribution in [1.29, 1.82) is 0 Å². The summed E-state index contributed by atoms with van der Waals surface area (Å²) in [6.07, 6.45) is 0. The van der Waals surface area contributed by atoms with Gasteiger partial charge < -0.3 is 10.2 Å². The van der Waals surface area contributed by atoms with Gasteiger partial charge in [0.15, 0.2) is 5.82 Å². The number of hydrogen-bond donors (Lipinski definition) is 1. The molecule has 0 atom stereocenters. The van der Waals surface area contributed by atoms with E-state index in [4.69, 9.17) is 21.6 Å². The molecule has 0 aliphatic rings. The Labute approximate surface area is 167 Å². The summed E-state index contributed by atoms with van der Waals surface area (Å²) in [6, 6.07) is 13.7. The molecule has 4 nitrogen and oxygen atoms in total. The van der Waals surface area contributed by atoms with Crippen LogP contribution in [0.25, 0.3) is 22.3 Å². The van der Waals surface area contributed by atoms with Gasteiger partial charge in [-0.05, 0) is 43.4 Å². The first-order valence-corrected chi connectivity index (χ1v) is 9.97. The minimum absolute atomic E-state index is 0.685. The summed E-state index contributed by atoms with van der Waals surface area (Å²) in [7, 11) is 0. The number of anilines is 1. The largest absolute Gasteiger partial charge is 0.368 e. The first kappa shape index (κ1) is 19.1. The molecule has 3 rings (SSSR count). The number of aromatic nitrogens is 2. The van der Waals surface area contributed by atoms with E-state index in [1.54, 1.807) is 0 Å². The Balaban J connectivity index is 1.95. The lowest BCUT2D eigenvalue weighted by atomic mass is 10.2. The second kappa shape index (κ2) is 8.80. The van der Waals surface area contributed by atoms with Crippen LogP contribution in [0.5, 0.6) is 0 Å². The molecule has 136 valence electrons.